The summed E-state index contributed by atoms with van der Waals surface area (Å²) in [7, 11) is 1.20. The molecule has 1 aliphatic carbocycles. The molecule has 24 heavy (non-hydrogen) atoms. The van der Waals surface area contributed by atoms with E-state index < -0.39 is 73.9 Å². The molecule has 2 fully saturated rings. The molecular formula is C13H25NO10. The molecule has 1 aliphatic heterocycles. The van der Waals surface area contributed by atoms with Gasteiger partial charge in [0, 0.05) is 7.11 Å². The maximum Gasteiger partial charge on any atom is 0.176 e. The summed E-state index contributed by atoms with van der Waals surface area (Å²) >= 11 is 0. The molecule has 0 bridgehead atoms. The van der Waals surface area contributed by atoms with Crippen LogP contribution in [0.3, 0.4) is 0 Å². The second kappa shape index (κ2) is 7.85. The molecule has 0 unspecified atom stereocenters. The van der Waals surface area contributed by atoms with E-state index in [4.69, 9.17) is 25.1 Å². The molecule has 0 radical (unpaired) electrons. The Morgan fingerprint density at radius 3 is 1.96 bits per heavy atom. The van der Waals surface area contributed by atoms with Gasteiger partial charge in [-0.3, -0.25) is 0 Å². The zero-order valence-electron chi connectivity index (χ0n) is 13.0. The van der Waals surface area contributed by atoms with E-state index >= 15 is 0 Å². The highest BCUT2D eigenvalue weighted by molar-refractivity contribution is 5.01. The lowest BCUT2D eigenvalue weighted by Crippen LogP contribution is -2.68. The van der Waals surface area contributed by atoms with Gasteiger partial charge in [-0.05, 0) is 0 Å². The van der Waals surface area contributed by atoms with Gasteiger partial charge in [-0.25, -0.2) is 0 Å². The molecule has 2 aliphatic rings. The topological polar surface area (TPSA) is 195 Å². The number of aliphatic hydroxyl groups is 7. The first-order chi connectivity index (χ1) is 11.2. The Morgan fingerprint density at radius 2 is 1.42 bits per heavy atom. The second-order valence-corrected chi connectivity index (χ2v) is 6.05. The lowest BCUT2D eigenvalue weighted by Gasteiger charge is -2.46. The van der Waals surface area contributed by atoms with Crippen molar-refractivity contribution in [3.63, 3.8) is 0 Å². The second-order valence-electron chi connectivity index (χ2n) is 6.05. The first kappa shape index (κ1) is 19.9. The minimum absolute atomic E-state index is 0.622. The predicted molar refractivity (Wildman–Crippen MR) is 75.4 cm³/mol. The first-order valence-electron chi connectivity index (χ1n) is 7.53. The smallest absolute Gasteiger partial charge is 0.176 e. The van der Waals surface area contributed by atoms with Gasteiger partial charge in [0.25, 0.3) is 0 Å². The van der Waals surface area contributed by atoms with Crippen molar-refractivity contribution in [2.24, 2.45) is 5.73 Å². The molecule has 2 rings (SSSR count). The Morgan fingerprint density at radius 1 is 0.833 bits per heavy atom. The minimum atomic E-state index is -1.69. The van der Waals surface area contributed by atoms with E-state index in [2.05, 4.69) is 0 Å². The van der Waals surface area contributed by atoms with E-state index in [0.29, 0.717) is 0 Å². The van der Waals surface area contributed by atoms with Gasteiger partial charge in [0.2, 0.25) is 0 Å². The van der Waals surface area contributed by atoms with Crippen LogP contribution >= 0.6 is 0 Å². The van der Waals surface area contributed by atoms with Gasteiger partial charge < -0.3 is 55.7 Å². The highest BCUT2D eigenvalue weighted by Crippen LogP contribution is 2.29. The van der Waals surface area contributed by atoms with Gasteiger partial charge >= 0.3 is 0 Å². The fraction of sp³-hybridized carbons (Fsp3) is 1.00. The number of ether oxygens (including phenoxy) is 3. The summed E-state index contributed by atoms with van der Waals surface area (Å²) in [5, 5.41) is 68.7. The summed E-state index contributed by atoms with van der Waals surface area (Å²) in [5.41, 5.74) is 5.72. The maximum absolute atomic E-state index is 10.2. The Kier molecular flexibility index (Phi) is 6.50. The van der Waals surface area contributed by atoms with E-state index in [1.165, 1.54) is 7.11 Å². The van der Waals surface area contributed by atoms with E-state index in [-0.39, 0.29) is 0 Å². The van der Waals surface area contributed by atoms with Crippen molar-refractivity contribution in [1.29, 1.82) is 0 Å². The van der Waals surface area contributed by atoms with Crippen molar-refractivity contribution in [1.82, 2.24) is 0 Å². The summed E-state index contributed by atoms with van der Waals surface area (Å²) in [4.78, 5) is 0. The van der Waals surface area contributed by atoms with Crippen LogP contribution in [0.25, 0.3) is 0 Å². The van der Waals surface area contributed by atoms with E-state index in [0.717, 1.165) is 0 Å². The van der Waals surface area contributed by atoms with Crippen LogP contribution in [0.1, 0.15) is 0 Å². The molecule has 1 heterocycles. The average Bonchev–Trinajstić information content (AvgIpc) is 2.57. The molecule has 0 amide bonds. The summed E-state index contributed by atoms with van der Waals surface area (Å²) in [6.07, 6.45) is -14.6. The van der Waals surface area contributed by atoms with Gasteiger partial charge in [0.05, 0.1) is 12.6 Å². The fourth-order valence-corrected chi connectivity index (χ4v) is 3.00. The minimum Gasteiger partial charge on any atom is -0.394 e. The number of aliphatic hydroxyl groups excluding tert-OH is 7. The monoisotopic (exact) mass is 355 g/mol. The van der Waals surface area contributed by atoms with Gasteiger partial charge in [-0.1, -0.05) is 0 Å². The highest BCUT2D eigenvalue weighted by atomic mass is 16.7. The summed E-state index contributed by atoms with van der Waals surface area (Å²) in [5.74, 6) is 0. The Balaban J connectivity index is 2.15. The van der Waals surface area contributed by atoms with Crippen LogP contribution in [0.2, 0.25) is 0 Å². The molecule has 0 aromatic carbocycles. The molecule has 0 spiro atoms. The van der Waals surface area contributed by atoms with E-state index in [1.807, 2.05) is 0 Å². The van der Waals surface area contributed by atoms with E-state index in [1.54, 1.807) is 0 Å². The van der Waals surface area contributed by atoms with Crippen molar-refractivity contribution < 1.29 is 50.0 Å². The largest absolute Gasteiger partial charge is 0.394 e. The van der Waals surface area contributed by atoms with Crippen LogP contribution in [0, 0.1) is 0 Å². The van der Waals surface area contributed by atoms with Gasteiger partial charge in [0.1, 0.15) is 54.9 Å². The third-order valence-electron chi connectivity index (χ3n) is 4.54. The lowest BCUT2D eigenvalue weighted by atomic mass is 9.84. The van der Waals surface area contributed by atoms with Crippen LogP contribution < -0.4 is 5.73 Å². The molecule has 0 aromatic rings. The Labute approximate surface area is 137 Å². The van der Waals surface area contributed by atoms with Crippen LogP contribution in [-0.2, 0) is 14.2 Å². The van der Waals surface area contributed by atoms with Gasteiger partial charge in [0.15, 0.2) is 6.29 Å². The number of hydrogen-bond donors (Lipinski definition) is 8. The molecule has 1 saturated carbocycles. The third-order valence-corrected chi connectivity index (χ3v) is 4.54. The average molecular weight is 355 g/mol. The lowest BCUT2D eigenvalue weighted by molar-refractivity contribution is -0.318. The number of methoxy groups -OCH3 is 1. The SMILES string of the molecule is CO[C@@H]1[C@@H](O)[C@@H](O[C@H]2O[C@H](CO)[C@@H](O)[C@H](O)[C@H]2N)[C@H](O)[C@H](O)[C@H]1O. The fourth-order valence-electron chi connectivity index (χ4n) is 3.00. The maximum atomic E-state index is 10.2. The molecule has 142 valence electrons. The normalized spacial score (nSPS) is 53.1. The van der Waals surface area contributed by atoms with Crippen LogP contribution in [0.15, 0.2) is 0 Å². The quantitative estimate of drug-likeness (QED) is 0.240. The molecule has 11 heteroatoms. The van der Waals surface area contributed by atoms with E-state index in [9.17, 15) is 30.6 Å². The Hall–Kier alpha value is -0.440. The standard InChI is InChI=1S/C13H25NO10/c1-22-11-8(19)7(18)9(20)12(10(11)21)24-13-4(14)6(17)5(16)3(2-15)23-13/h3-13,15-21H,2,14H2,1H3/t3-,4-,5-,6-,7-,8-,9-,10-,11+,12+,13-/m1/s1. The molecule has 0 aromatic heterocycles. The molecule has 11 nitrogen and oxygen atoms in total. The van der Waals surface area contributed by atoms with Crippen molar-refractivity contribution in [2.45, 2.75) is 67.3 Å². The molecule has 9 N–H and O–H groups in total. The van der Waals surface area contributed by atoms with Crippen molar-refractivity contribution in [2.75, 3.05) is 13.7 Å². The van der Waals surface area contributed by atoms with Crippen molar-refractivity contribution in [3.05, 3.63) is 0 Å². The predicted octanol–water partition coefficient (Wildman–Crippen LogP) is -5.39. The Bertz CT molecular complexity index is 412. The summed E-state index contributed by atoms with van der Waals surface area (Å²) < 4.78 is 15.5. The molecule has 1 saturated heterocycles. The zero-order valence-corrected chi connectivity index (χ0v) is 13.0. The molecule has 11 atom stereocenters. The third kappa shape index (κ3) is 3.43. The highest BCUT2D eigenvalue weighted by Gasteiger charge is 2.52. The first-order valence-corrected chi connectivity index (χ1v) is 7.53. The number of nitrogens with two attached hydrogens (primary N) is 1. The molecular weight excluding hydrogens is 330 g/mol. The van der Waals surface area contributed by atoms with Crippen LogP contribution in [0.4, 0.5) is 0 Å². The zero-order chi connectivity index (χ0) is 18.2. The van der Waals surface area contributed by atoms with Crippen LogP contribution in [-0.4, -0.2) is 117 Å². The van der Waals surface area contributed by atoms with Crippen molar-refractivity contribution in [3.8, 4) is 0 Å². The summed E-state index contributed by atoms with van der Waals surface area (Å²) in [6.45, 7) is -0.622. The number of hydrogen-bond acceptors (Lipinski definition) is 11. The van der Waals surface area contributed by atoms with Crippen LogP contribution in [0.5, 0.6) is 0 Å². The summed E-state index contributed by atoms with van der Waals surface area (Å²) in [6, 6.07) is -1.24. The van der Waals surface area contributed by atoms with Gasteiger partial charge in [-0.15, -0.1) is 0 Å². The van der Waals surface area contributed by atoms with Gasteiger partial charge in [-0.2, -0.15) is 0 Å². The van der Waals surface area contributed by atoms with Crippen molar-refractivity contribution >= 4 is 0 Å². The number of rotatable bonds is 4.